The lowest BCUT2D eigenvalue weighted by Gasteiger charge is -2.23. The minimum Gasteiger partial charge on any atom is -0.202 e. The van der Waals surface area contributed by atoms with E-state index in [1.807, 2.05) is 0 Å². The van der Waals surface area contributed by atoms with Crippen molar-refractivity contribution >= 4 is 20.0 Å². The van der Waals surface area contributed by atoms with Crippen molar-refractivity contribution in [2.45, 2.75) is 17.6 Å². The van der Waals surface area contributed by atoms with E-state index < -0.39 is 41.3 Å². The van der Waals surface area contributed by atoms with Crippen LogP contribution in [0.5, 0.6) is 0 Å². The number of benzene rings is 1. The van der Waals surface area contributed by atoms with E-state index in [1.165, 1.54) is 18.2 Å². The molecular formula is C9H7F6NO4S2. The Balaban J connectivity index is 3.49. The van der Waals surface area contributed by atoms with Crippen LogP contribution in [-0.2, 0) is 26.6 Å². The third-order valence-corrected chi connectivity index (χ3v) is 5.95. The van der Waals surface area contributed by atoms with Gasteiger partial charge in [0.2, 0.25) is 0 Å². The van der Waals surface area contributed by atoms with Crippen molar-refractivity contribution in [2.75, 3.05) is 0 Å². The van der Waals surface area contributed by atoms with Crippen LogP contribution in [-0.4, -0.2) is 31.6 Å². The standard InChI is InChI=1S/C9H7F6NO4S2/c10-8(11,12)21(17,18)16(22(19,20)9(13,14)15)6-7-4-2-1-3-5-7/h1-5H,6H2. The number of hydrogen-bond acceptors (Lipinski definition) is 4. The Morgan fingerprint density at radius 3 is 1.45 bits per heavy atom. The number of rotatable bonds is 4. The summed E-state index contributed by atoms with van der Waals surface area (Å²) >= 11 is 0. The van der Waals surface area contributed by atoms with Gasteiger partial charge in [0.15, 0.2) is 0 Å². The molecule has 0 radical (unpaired) electrons. The normalized spacial score (nSPS) is 14.3. The van der Waals surface area contributed by atoms with Crippen LogP contribution < -0.4 is 0 Å². The Bertz CT molecular complexity index is 680. The summed E-state index contributed by atoms with van der Waals surface area (Å²) in [5.74, 6) is 0. The van der Waals surface area contributed by atoms with Crippen molar-refractivity contribution in [3.8, 4) is 0 Å². The maximum absolute atomic E-state index is 12.4. The van der Waals surface area contributed by atoms with Crippen molar-refractivity contribution in [3.05, 3.63) is 35.9 Å². The molecule has 0 aliphatic rings. The van der Waals surface area contributed by atoms with Gasteiger partial charge in [-0.3, -0.25) is 0 Å². The largest absolute Gasteiger partial charge is 0.512 e. The van der Waals surface area contributed by atoms with E-state index in [0.717, 1.165) is 12.1 Å². The van der Waals surface area contributed by atoms with E-state index in [1.54, 1.807) is 0 Å². The zero-order valence-corrected chi connectivity index (χ0v) is 11.9. The van der Waals surface area contributed by atoms with E-state index in [0.29, 0.717) is 0 Å². The van der Waals surface area contributed by atoms with Crippen LogP contribution in [0.2, 0.25) is 0 Å². The minimum absolute atomic E-state index is 0.372. The highest BCUT2D eigenvalue weighted by molar-refractivity contribution is 8.04. The summed E-state index contributed by atoms with van der Waals surface area (Å²) in [5.41, 5.74) is -12.8. The van der Waals surface area contributed by atoms with Crippen LogP contribution in [0.4, 0.5) is 26.3 Å². The smallest absolute Gasteiger partial charge is 0.202 e. The quantitative estimate of drug-likeness (QED) is 0.761. The Morgan fingerprint density at radius 1 is 0.773 bits per heavy atom. The van der Waals surface area contributed by atoms with Crippen LogP contribution in [0.15, 0.2) is 30.3 Å². The van der Waals surface area contributed by atoms with Crippen LogP contribution in [0.3, 0.4) is 0 Å². The average Bonchev–Trinajstić information content (AvgIpc) is 2.34. The van der Waals surface area contributed by atoms with E-state index in [9.17, 15) is 43.2 Å². The molecule has 22 heavy (non-hydrogen) atoms. The predicted octanol–water partition coefficient (Wildman–Crippen LogP) is 2.19. The fraction of sp³-hybridized carbons (Fsp3) is 0.333. The maximum atomic E-state index is 12.4. The molecule has 13 heteroatoms. The van der Waals surface area contributed by atoms with Gasteiger partial charge >= 0.3 is 31.1 Å². The van der Waals surface area contributed by atoms with Crippen molar-refractivity contribution in [3.63, 3.8) is 0 Å². The van der Waals surface area contributed by atoms with Crippen molar-refractivity contribution < 1.29 is 43.2 Å². The lowest BCUT2D eigenvalue weighted by atomic mass is 10.2. The van der Waals surface area contributed by atoms with Gasteiger partial charge in [-0.2, -0.15) is 26.3 Å². The van der Waals surface area contributed by atoms with Gasteiger partial charge in [0.05, 0.1) is 6.54 Å². The Hall–Kier alpha value is -1.34. The molecule has 0 aromatic heterocycles. The third kappa shape index (κ3) is 3.52. The second kappa shape index (κ2) is 5.70. The Kier molecular flexibility index (Phi) is 4.85. The first-order valence-corrected chi connectivity index (χ1v) is 8.03. The molecule has 0 fully saturated rings. The molecule has 0 N–H and O–H groups in total. The number of nitrogens with zero attached hydrogens (tertiary/aromatic N) is 1. The number of alkyl halides is 6. The zero-order chi connectivity index (χ0) is 17.4. The third-order valence-electron chi connectivity index (χ3n) is 2.28. The summed E-state index contributed by atoms with van der Waals surface area (Å²) in [5, 5.41) is 0. The second-order valence-corrected chi connectivity index (χ2v) is 7.76. The average molecular weight is 371 g/mol. The number of halogens is 6. The molecule has 1 aromatic rings. The first-order valence-electron chi connectivity index (χ1n) is 5.15. The molecule has 0 spiro atoms. The fourth-order valence-corrected chi connectivity index (χ4v) is 3.90. The van der Waals surface area contributed by atoms with Gasteiger partial charge in [-0.25, -0.2) is 16.8 Å². The first-order chi connectivity index (χ1) is 9.71. The second-order valence-electron chi connectivity index (χ2n) is 3.82. The Morgan fingerprint density at radius 2 is 1.14 bits per heavy atom. The Labute approximate surface area is 121 Å². The van der Waals surface area contributed by atoms with Crippen molar-refractivity contribution in [2.24, 2.45) is 0 Å². The van der Waals surface area contributed by atoms with Crippen LogP contribution >= 0.6 is 0 Å². The lowest BCUT2D eigenvalue weighted by Crippen LogP contribution is -2.48. The molecule has 5 nitrogen and oxygen atoms in total. The summed E-state index contributed by atoms with van der Waals surface area (Å²) < 4.78 is 118. The number of sulfonamides is 2. The fourth-order valence-electron chi connectivity index (χ4n) is 1.26. The highest BCUT2D eigenvalue weighted by Gasteiger charge is 2.61. The molecule has 0 amide bonds. The maximum Gasteiger partial charge on any atom is 0.512 e. The van der Waals surface area contributed by atoms with Crippen molar-refractivity contribution in [1.82, 2.24) is 3.71 Å². The zero-order valence-electron chi connectivity index (χ0n) is 10.3. The van der Waals surface area contributed by atoms with Crippen LogP contribution in [0, 0.1) is 0 Å². The molecule has 1 aromatic carbocycles. The van der Waals surface area contributed by atoms with Crippen molar-refractivity contribution in [1.29, 1.82) is 0 Å². The summed E-state index contributed by atoms with van der Waals surface area (Å²) in [6.07, 6.45) is 0. The van der Waals surface area contributed by atoms with Gasteiger partial charge in [-0.1, -0.05) is 34.0 Å². The van der Waals surface area contributed by atoms with E-state index >= 15 is 0 Å². The van der Waals surface area contributed by atoms with Gasteiger partial charge in [-0.15, -0.1) is 0 Å². The molecule has 0 unspecified atom stereocenters. The monoisotopic (exact) mass is 371 g/mol. The van der Waals surface area contributed by atoms with Gasteiger partial charge in [0.25, 0.3) is 0 Å². The summed E-state index contributed by atoms with van der Waals surface area (Å²) in [6.45, 7) is -1.63. The first kappa shape index (κ1) is 18.7. The summed E-state index contributed by atoms with van der Waals surface area (Å²) in [4.78, 5) is 0. The van der Waals surface area contributed by atoms with Gasteiger partial charge in [0.1, 0.15) is 0 Å². The van der Waals surface area contributed by atoms with Gasteiger partial charge in [-0.05, 0) is 5.56 Å². The van der Waals surface area contributed by atoms with Gasteiger partial charge in [0, 0.05) is 0 Å². The summed E-state index contributed by atoms with van der Waals surface area (Å²) in [6, 6.07) is 5.68. The molecule has 0 saturated carbocycles. The molecule has 0 saturated heterocycles. The molecular weight excluding hydrogens is 364 g/mol. The minimum atomic E-state index is -6.75. The highest BCUT2D eigenvalue weighted by Crippen LogP contribution is 2.36. The van der Waals surface area contributed by atoms with Gasteiger partial charge < -0.3 is 0 Å². The topological polar surface area (TPSA) is 71.5 Å². The molecule has 0 atom stereocenters. The molecule has 1 rings (SSSR count). The molecule has 0 bridgehead atoms. The lowest BCUT2D eigenvalue weighted by molar-refractivity contribution is -0.0533. The van der Waals surface area contributed by atoms with Crippen LogP contribution in [0.25, 0.3) is 0 Å². The number of hydrogen-bond donors (Lipinski definition) is 0. The van der Waals surface area contributed by atoms with E-state index in [2.05, 4.69) is 0 Å². The van der Waals surface area contributed by atoms with E-state index in [4.69, 9.17) is 0 Å². The highest BCUT2D eigenvalue weighted by atomic mass is 32.3. The summed E-state index contributed by atoms with van der Waals surface area (Å²) in [7, 11) is -13.5. The predicted molar refractivity (Wildman–Crippen MR) is 61.9 cm³/mol. The molecule has 126 valence electrons. The molecule has 0 heterocycles. The SMILES string of the molecule is O=S(=O)(N(Cc1ccccc1)S(=O)(=O)C(F)(F)F)C(F)(F)F. The van der Waals surface area contributed by atoms with E-state index in [-0.39, 0.29) is 5.56 Å². The van der Waals surface area contributed by atoms with Crippen LogP contribution in [0.1, 0.15) is 5.56 Å². The molecule has 0 aliphatic heterocycles. The molecule has 0 aliphatic carbocycles.